The molecule has 0 aromatic carbocycles. The standard InChI is InChI=1S/C12H15F3N2/c1-11(2-4-12(14,15)5-3-11)10-9(13)6-8(16)7-17-10/h6-7H,2-5,16H2,1H3. The number of aromatic nitrogens is 1. The highest BCUT2D eigenvalue weighted by atomic mass is 19.3. The number of nitrogen functional groups attached to an aromatic ring is 1. The molecule has 0 unspecified atom stereocenters. The fourth-order valence-corrected chi connectivity index (χ4v) is 2.30. The van der Waals surface area contributed by atoms with Crippen LogP contribution < -0.4 is 5.73 Å². The number of pyridine rings is 1. The second kappa shape index (κ2) is 3.89. The van der Waals surface area contributed by atoms with Crippen LogP contribution in [0.15, 0.2) is 12.3 Å². The van der Waals surface area contributed by atoms with Gasteiger partial charge in [-0.1, -0.05) is 6.92 Å². The fraction of sp³-hybridized carbons (Fsp3) is 0.583. The van der Waals surface area contributed by atoms with E-state index in [2.05, 4.69) is 4.98 Å². The Bertz CT molecular complexity index is 422. The zero-order chi connectivity index (χ0) is 12.7. The maximum atomic E-state index is 13.7. The van der Waals surface area contributed by atoms with Gasteiger partial charge in [0.05, 0.1) is 17.6 Å². The molecule has 17 heavy (non-hydrogen) atoms. The van der Waals surface area contributed by atoms with E-state index in [4.69, 9.17) is 5.73 Å². The minimum absolute atomic E-state index is 0.213. The van der Waals surface area contributed by atoms with Crippen molar-refractivity contribution in [2.75, 3.05) is 5.73 Å². The van der Waals surface area contributed by atoms with E-state index in [9.17, 15) is 13.2 Å². The first-order chi connectivity index (χ1) is 7.82. The first kappa shape index (κ1) is 12.2. The lowest BCUT2D eigenvalue weighted by Gasteiger charge is -2.36. The number of alkyl halides is 2. The van der Waals surface area contributed by atoms with Gasteiger partial charge in [-0.2, -0.15) is 0 Å². The average molecular weight is 244 g/mol. The summed E-state index contributed by atoms with van der Waals surface area (Å²) in [6, 6.07) is 1.19. The van der Waals surface area contributed by atoms with Crippen molar-refractivity contribution in [2.45, 2.75) is 43.9 Å². The van der Waals surface area contributed by atoms with Crippen molar-refractivity contribution < 1.29 is 13.2 Å². The van der Waals surface area contributed by atoms with Gasteiger partial charge in [0.25, 0.3) is 0 Å². The molecule has 0 radical (unpaired) electrons. The molecule has 1 aliphatic carbocycles. The average Bonchev–Trinajstić information content (AvgIpc) is 2.23. The van der Waals surface area contributed by atoms with E-state index in [1.807, 2.05) is 0 Å². The molecule has 1 fully saturated rings. The molecule has 0 aliphatic heterocycles. The normalized spacial score (nSPS) is 22.4. The summed E-state index contributed by atoms with van der Waals surface area (Å²) >= 11 is 0. The van der Waals surface area contributed by atoms with Crippen LogP contribution in [-0.2, 0) is 5.41 Å². The second-order valence-corrected chi connectivity index (χ2v) is 5.02. The van der Waals surface area contributed by atoms with Gasteiger partial charge in [-0.3, -0.25) is 4.98 Å². The van der Waals surface area contributed by atoms with Gasteiger partial charge in [0.15, 0.2) is 0 Å². The molecular weight excluding hydrogens is 229 g/mol. The molecule has 5 heteroatoms. The largest absolute Gasteiger partial charge is 0.397 e. The van der Waals surface area contributed by atoms with Gasteiger partial charge in [-0.05, 0) is 12.8 Å². The molecule has 0 atom stereocenters. The molecular formula is C12H15F3N2. The van der Waals surface area contributed by atoms with Gasteiger partial charge in [-0.15, -0.1) is 0 Å². The monoisotopic (exact) mass is 244 g/mol. The number of halogens is 3. The van der Waals surface area contributed by atoms with Crippen LogP contribution in [0, 0.1) is 5.82 Å². The molecule has 2 nitrogen and oxygen atoms in total. The van der Waals surface area contributed by atoms with E-state index in [0.29, 0.717) is 0 Å². The van der Waals surface area contributed by atoms with Gasteiger partial charge < -0.3 is 5.73 Å². The highest BCUT2D eigenvalue weighted by molar-refractivity contribution is 5.37. The van der Waals surface area contributed by atoms with Crippen molar-refractivity contribution in [3.05, 3.63) is 23.8 Å². The van der Waals surface area contributed by atoms with E-state index in [1.54, 1.807) is 6.92 Å². The first-order valence-corrected chi connectivity index (χ1v) is 5.62. The van der Waals surface area contributed by atoms with Crippen molar-refractivity contribution in [3.63, 3.8) is 0 Å². The van der Waals surface area contributed by atoms with Crippen LogP contribution in [0.1, 0.15) is 38.3 Å². The Morgan fingerprint density at radius 1 is 1.24 bits per heavy atom. The third-order valence-corrected chi connectivity index (χ3v) is 3.52. The van der Waals surface area contributed by atoms with Crippen molar-refractivity contribution in [1.29, 1.82) is 0 Å². The van der Waals surface area contributed by atoms with Crippen LogP contribution in [0.4, 0.5) is 18.9 Å². The fourth-order valence-electron chi connectivity index (χ4n) is 2.30. The Morgan fingerprint density at radius 2 is 1.82 bits per heavy atom. The van der Waals surface area contributed by atoms with Crippen molar-refractivity contribution in [3.8, 4) is 0 Å². The quantitative estimate of drug-likeness (QED) is 0.823. The Labute approximate surface area is 98.0 Å². The lowest BCUT2D eigenvalue weighted by molar-refractivity contribution is -0.0506. The predicted molar refractivity (Wildman–Crippen MR) is 59.4 cm³/mol. The second-order valence-electron chi connectivity index (χ2n) is 5.02. The van der Waals surface area contributed by atoms with Gasteiger partial charge in [0, 0.05) is 24.3 Å². The van der Waals surface area contributed by atoms with E-state index >= 15 is 0 Å². The number of hydrogen-bond donors (Lipinski definition) is 1. The molecule has 1 aromatic rings. The molecule has 0 bridgehead atoms. The predicted octanol–water partition coefficient (Wildman–Crippen LogP) is 3.27. The van der Waals surface area contributed by atoms with Crippen LogP contribution in [0.25, 0.3) is 0 Å². The highest BCUT2D eigenvalue weighted by Crippen LogP contribution is 2.45. The zero-order valence-electron chi connectivity index (χ0n) is 9.64. The molecule has 0 saturated heterocycles. The molecule has 2 N–H and O–H groups in total. The number of rotatable bonds is 1. The van der Waals surface area contributed by atoms with Gasteiger partial charge >= 0.3 is 0 Å². The molecule has 2 rings (SSSR count). The molecule has 0 amide bonds. The van der Waals surface area contributed by atoms with E-state index in [1.165, 1.54) is 12.3 Å². The summed E-state index contributed by atoms with van der Waals surface area (Å²) in [7, 11) is 0. The zero-order valence-corrected chi connectivity index (χ0v) is 9.64. The summed E-state index contributed by atoms with van der Waals surface area (Å²) in [5.74, 6) is -3.12. The maximum absolute atomic E-state index is 13.7. The molecule has 1 heterocycles. The number of hydrogen-bond acceptors (Lipinski definition) is 2. The Hall–Kier alpha value is -1.26. The summed E-state index contributed by atoms with van der Waals surface area (Å²) in [5.41, 5.74) is 5.31. The van der Waals surface area contributed by atoms with Gasteiger partial charge in [-0.25, -0.2) is 13.2 Å². The first-order valence-electron chi connectivity index (χ1n) is 5.62. The third-order valence-electron chi connectivity index (χ3n) is 3.52. The Kier molecular flexibility index (Phi) is 2.79. The van der Waals surface area contributed by atoms with Crippen LogP contribution >= 0.6 is 0 Å². The van der Waals surface area contributed by atoms with E-state index in [-0.39, 0.29) is 37.1 Å². The molecule has 1 aromatic heterocycles. The van der Waals surface area contributed by atoms with Gasteiger partial charge in [0.2, 0.25) is 5.92 Å². The van der Waals surface area contributed by atoms with Crippen LogP contribution in [0.5, 0.6) is 0 Å². The minimum Gasteiger partial charge on any atom is -0.397 e. The summed E-state index contributed by atoms with van der Waals surface area (Å²) < 4.78 is 39.9. The van der Waals surface area contributed by atoms with Crippen molar-refractivity contribution >= 4 is 5.69 Å². The lowest BCUT2D eigenvalue weighted by Crippen LogP contribution is -2.35. The SMILES string of the molecule is CC1(c2ncc(N)cc2F)CCC(F)(F)CC1. The topological polar surface area (TPSA) is 38.9 Å². The third kappa shape index (κ3) is 2.37. The summed E-state index contributed by atoms with van der Waals surface area (Å²) in [5, 5.41) is 0. The summed E-state index contributed by atoms with van der Waals surface area (Å²) in [6.07, 6.45) is 1.43. The van der Waals surface area contributed by atoms with Crippen molar-refractivity contribution in [2.24, 2.45) is 0 Å². The Morgan fingerprint density at radius 3 is 2.35 bits per heavy atom. The lowest BCUT2D eigenvalue weighted by atomic mass is 9.72. The van der Waals surface area contributed by atoms with Crippen LogP contribution in [0.2, 0.25) is 0 Å². The highest BCUT2D eigenvalue weighted by Gasteiger charge is 2.43. The summed E-state index contributed by atoms with van der Waals surface area (Å²) in [6.45, 7) is 1.78. The van der Waals surface area contributed by atoms with E-state index in [0.717, 1.165) is 0 Å². The maximum Gasteiger partial charge on any atom is 0.248 e. The Balaban J connectivity index is 2.27. The van der Waals surface area contributed by atoms with E-state index < -0.39 is 17.2 Å². The number of nitrogens with two attached hydrogens (primary N) is 1. The summed E-state index contributed by atoms with van der Waals surface area (Å²) in [4.78, 5) is 3.98. The van der Waals surface area contributed by atoms with Crippen LogP contribution in [0.3, 0.4) is 0 Å². The molecule has 1 aliphatic rings. The molecule has 1 saturated carbocycles. The number of anilines is 1. The molecule has 0 spiro atoms. The number of nitrogens with zero attached hydrogens (tertiary/aromatic N) is 1. The molecule has 94 valence electrons. The van der Waals surface area contributed by atoms with Crippen LogP contribution in [-0.4, -0.2) is 10.9 Å². The van der Waals surface area contributed by atoms with Gasteiger partial charge in [0.1, 0.15) is 5.82 Å². The smallest absolute Gasteiger partial charge is 0.248 e. The minimum atomic E-state index is -2.62. The van der Waals surface area contributed by atoms with Crippen molar-refractivity contribution in [1.82, 2.24) is 4.98 Å².